The number of fused-ring (bicyclic) bond motifs is 8. The first-order valence-corrected chi connectivity index (χ1v) is 26.9. The second-order valence-electron chi connectivity index (χ2n) is 26.2. The van der Waals surface area contributed by atoms with E-state index < -0.39 is 0 Å². The molecule has 8 aromatic rings. The Bertz CT molecular complexity index is 3320. The van der Waals surface area contributed by atoms with Crippen molar-refractivity contribution in [1.82, 2.24) is 0 Å². The third-order valence-corrected chi connectivity index (χ3v) is 17.4. The van der Waals surface area contributed by atoms with E-state index in [0.29, 0.717) is 0 Å². The highest BCUT2D eigenvalue weighted by Gasteiger charge is 2.62. The van der Waals surface area contributed by atoms with Gasteiger partial charge in [0.05, 0.1) is 5.54 Å². The van der Waals surface area contributed by atoms with Crippen molar-refractivity contribution < 1.29 is 0 Å². The van der Waals surface area contributed by atoms with Crippen LogP contribution in [0.25, 0.3) is 0 Å². The number of hydrogen-bond donors (Lipinski definition) is 0. The van der Waals surface area contributed by atoms with E-state index in [1.165, 1.54) is 106 Å². The van der Waals surface area contributed by atoms with Gasteiger partial charge in [0.25, 0.3) is 6.71 Å². The molecule has 3 heterocycles. The van der Waals surface area contributed by atoms with Crippen LogP contribution in [-0.4, -0.2) is 12.3 Å². The second kappa shape index (κ2) is 16.1. The normalized spacial score (nSPS) is 18.9. The topological polar surface area (TPSA) is 9.72 Å². The van der Waals surface area contributed by atoms with E-state index in [1.807, 2.05) is 0 Å². The molecule has 0 fully saturated rings. The highest BCUT2D eigenvalue weighted by atomic mass is 15.3. The van der Waals surface area contributed by atoms with Gasteiger partial charge in [-0.25, -0.2) is 0 Å². The fourth-order valence-corrected chi connectivity index (χ4v) is 13.4. The summed E-state index contributed by atoms with van der Waals surface area (Å²) >= 11 is 0. The summed E-state index contributed by atoms with van der Waals surface area (Å²) in [5.41, 5.74) is 24.1. The third kappa shape index (κ3) is 7.21. The van der Waals surface area contributed by atoms with E-state index in [4.69, 9.17) is 0 Å². The van der Waals surface area contributed by atoms with E-state index in [1.54, 1.807) is 0 Å². The summed E-state index contributed by atoms with van der Waals surface area (Å²) in [5.74, 6) is 0. The van der Waals surface area contributed by atoms with Crippen LogP contribution in [0.1, 0.15) is 135 Å². The van der Waals surface area contributed by atoms with Gasteiger partial charge in [0.2, 0.25) is 0 Å². The van der Waals surface area contributed by atoms with Gasteiger partial charge < -0.3 is 14.7 Å². The molecule has 8 aromatic carbocycles. The molecule has 0 spiro atoms. The van der Waals surface area contributed by atoms with Gasteiger partial charge in [0, 0.05) is 50.9 Å². The molecule has 2 atom stereocenters. The number of nitrogens with zero attached hydrogens (tertiary/aromatic N) is 3. The Labute approximate surface area is 437 Å². The van der Waals surface area contributed by atoms with E-state index in [0.717, 1.165) is 12.8 Å². The molecule has 3 aliphatic heterocycles. The maximum atomic E-state index is 2.79. The summed E-state index contributed by atoms with van der Waals surface area (Å²) in [6, 6.07) is 69.0. The summed E-state index contributed by atoms with van der Waals surface area (Å²) in [6.45, 7) is 30.6. The molecule has 1 aliphatic carbocycles. The minimum Gasteiger partial charge on any atom is -0.334 e. The van der Waals surface area contributed by atoms with Gasteiger partial charge in [-0.3, -0.25) is 0 Å². The molecular weight excluding hydrogens is 882 g/mol. The van der Waals surface area contributed by atoms with Crippen LogP contribution in [0.4, 0.5) is 45.5 Å². The second-order valence-corrected chi connectivity index (χ2v) is 26.2. The molecule has 0 amide bonds. The molecule has 2 unspecified atom stereocenters. The average molecular weight is 954 g/mol. The molecule has 12 rings (SSSR count). The molecule has 0 radical (unpaired) electrons. The summed E-state index contributed by atoms with van der Waals surface area (Å²) < 4.78 is 0. The molecule has 366 valence electrons. The summed E-state index contributed by atoms with van der Waals surface area (Å²) in [7, 11) is 0. The van der Waals surface area contributed by atoms with Crippen molar-refractivity contribution in [3.05, 3.63) is 220 Å². The lowest BCUT2D eigenvalue weighted by Gasteiger charge is -2.53. The number of anilines is 8. The maximum absolute atomic E-state index is 2.79. The van der Waals surface area contributed by atoms with Crippen LogP contribution in [0.15, 0.2) is 176 Å². The molecule has 4 heteroatoms. The first-order chi connectivity index (χ1) is 34.6. The van der Waals surface area contributed by atoms with Gasteiger partial charge in [-0.05, 0) is 157 Å². The molecule has 0 bridgehead atoms. The third-order valence-electron chi connectivity index (χ3n) is 17.4. The minimum atomic E-state index is -0.381. The summed E-state index contributed by atoms with van der Waals surface area (Å²) in [4.78, 5) is 8.03. The zero-order valence-corrected chi connectivity index (χ0v) is 45.6. The summed E-state index contributed by atoms with van der Waals surface area (Å²) in [5, 5.41) is 0. The molecule has 0 saturated heterocycles. The zero-order valence-electron chi connectivity index (χ0n) is 45.6. The van der Waals surface area contributed by atoms with Crippen molar-refractivity contribution in [1.29, 1.82) is 0 Å². The van der Waals surface area contributed by atoms with Gasteiger partial charge in [-0.1, -0.05) is 204 Å². The average Bonchev–Trinajstić information content (AvgIpc) is 3.58. The molecule has 4 aliphatic rings. The van der Waals surface area contributed by atoms with Crippen LogP contribution in [0.2, 0.25) is 0 Å². The first kappa shape index (κ1) is 47.2. The Balaban J connectivity index is 1.21. The maximum Gasteiger partial charge on any atom is 0.252 e. The van der Waals surface area contributed by atoms with Gasteiger partial charge in [-0.2, -0.15) is 0 Å². The van der Waals surface area contributed by atoms with E-state index >= 15 is 0 Å². The quantitative estimate of drug-likeness (QED) is 0.163. The largest absolute Gasteiger partial charge is 0.334 e. The van der Waals surface area contributed by atoms with Crippen molar-refractivity contribution >= 4 is 68.6 Å². The van der Waals surface area contributed by atoms with Gasteiger partial charge in [-0.15, -0.1) is 0 Å². The number of para-hydroxylation sites is 1. The zero-order chi connectivity index (χ0) is 51.2. The van der Waals surface area contributed by atoms with E-state index in [2.05, 4.69) is 281 Å². The Hall–Kier alpha value is -6.78. The van der Waals surface area contributed by atoms with E-state index in [9.17, 15) is 0 Å². The number of rotatable bonds is 4. The minimum absolute atomic E-state index is 0.0179. The SMILES string of the molecule is CC(C)(C)c1ccc(N2c3ccc(C(C)(C)C)cc3B3c4cc(C(C)(C)C)ccc4N(c4ccc(C(C)(C)C)cc4)c4cc(N5c6ccccc6C6(c7ccccc7)Cc7ccccc7CC56C)cc2c43)cc1. The number of benzene rings is 8. The molecule has 0 aromatic heterocycles. The lowest BCUT2D eigenvalue weighted by molar-refractivity contribution is 0.281. The standard InChI is InChI=1S/C69H72BN3/c1-64(2,3)47-27-33-52(34-28-47)71-59-37-31-50(66(7,8)9)39-56(59)70-57-40-51(67(10,11)12)32-38-60(57)72(53-35-29-48(30-36-53)65(4,5)6)62-42-54(41-61(71)63(62)70)73-58-26-20-19-25-55(58)69(49-23-15-14-16-24-49)44-46-22-18-17-21-45(46)43-68(69,73)13/h14-42H,43-44H2,1-13H3. The lowest BCUT2D eigenvalue weighted by Crippen LogP contribution is -2.62. The molecule has 0 saturated carbocycles. The Morgan fingerprint density at radius 2 is 0.808 bits per heavy atom. The Kier molecular flexibility index (Phi) is 10.4. The van der Waals surface area contributed by atoms with Crippen molar-refractivity contribution in [2.45, 2.75) is 135 Å². The van der Waals surface area contributed by atoms with Crippen LogP contribution in [-0.2, 0) is 39.9 Å². The Morgan fingerprint density at radius 3 is 1.29 bits per heavy atom. The number of hydrogen-bond acceptors (Lipinski definition) is 3. The van der Waals surface area contributed by atoms with Crippen molar-refractivity contribution in [3.63, 3.8) is 0 Å². The molecule has 3 nitrogen and oxygen atoms in total. The van der Waals surface area contributed by atoms with Crippen LogP contribution < -0.4 is 31.1 Å². The highest BCUT2D eigenvalue weighted by Crippen LogP contribution is 2.63. The predicted octanol–water partition coefficient (Wildman–Crippen LogP) is 16.0. The monoisotopic (exact) mass is 954 g/mol. The van der Waals surface area contributed by atoms with Crippen LogP contribution in [0.5, 0.6) is 0 Å². The van der Waals surface area contributed by atoms with E-state index in [-0.39, 0.29) is 39.3 Å². The van der Waals surface area contributed by atoms with Gasteiger partial charge >= 0.3 is 0 Å². The predicted molar refractivity (Wildman–Crippen MR) is 313 cm³/mol. The van der Waals surface area contributed by atoms with Crippen LogP contribution in [0, 0.1) is 0 Å². The van der Waals surface area contributed by atoms with Gasteiger partial charge in [0.1, 0.15) is 0 Å². The fraction of sp³-hybridized carbons (Fsp3) is 0.304. The fourth-order valence-electron chi connectivity index (χ4n) is 13.4. The van der Waals surface area contributed by atoms with Crippen LogP contribution >= 0.6 is 0 Å². The Morgan fingerprint density at radius 1 is 0.384 bits per heavy atom. The van der Waals surface area contributed by atoms with Crippen molar-refractivity contribution in [2.24, 2.45) is 0 Å². The molecular formula is C69H72BN3. The van der Waals surface area contributed by atoms with Crippen molar-refractivity contribution in [3.8, 4) is 0 Å². The summed E-state index contributed by atoms with van der Waals surface area (Å²) in [6.07, 6.45) is 1.82. The first-order valence-electron chi connectivity index (χ1n) is 26.9. The lowest BCUT2D eigenvalue weighted by atomic mass is 9.33. The molecule has 0 N–H and O–H groups in total. The highest BCUT2D eigenvalue weighted by molar-refractivity contribution is 7.00. The van der Waals surface area contributed by atoms with Gasteiger partial charge in [0.15, 0.2) is 0 Å². The molecule has 73 heavy (non-hydrogen) atoms. The smallest absolute Gasteiger partial charge is 0.252 e. The van der Waals surface area contributed by atoms with Crippen molar-refractivity contribution in [2.75, 3.05) is 14.7 Å². The van der Waals surface area contributed by atoms with Crippen LogP contribution in [0.3, 0.4) is 0 Å².